The van der Waals surface area contributed by atoms with Crippen molar-refractivity contribution in [2.24, 2.45) is 17.8 Å². The lowest BCUT2D eigenvalue weighted by Gasteiger charge is -2.42. The molecule has 0 amide bonds. The number of ether oxygens (including phenoxy) is 1. The summed E-state index contributed by atoms with van der Waals surface area (Å²) in [5, 5.41) is -0.355. The van der Waals surface area contributed by atoms with Crippen molar-refractivity contribution >= 4 is 14.0 Å². The topological polar surface area (TPSA) is 26.3 Å². The molecule has 1 fully saturated rings. The van der Waals surface area contributed by atoms with Gasteiger partial charge in [0.1, 0.15) is 6.10 Å². The normalized spacial score (nSPS) is 27.5. The Balaban J connectivity index is 2.99. The van der Waals surface area contributed by atoms with E-state index in [1.54, 1.807) is 0 Å². The van der Waals surface area contributed by atoms with Crippen LogP contribution in [0.1, 0.15) is 67.2 Å². The zero-order valence-electron chi connectivity index (χ0n) is 17.5. The Labute approximate surface area is 151 Å². The molecule has 4 atom stereocenters. The van der Waals surface area contributed by atoms with Crippen LogP contribution in [0.5, 0.6) is 0 Å². The molecule has 0 bridgehead atoms. The summed E-state index contributed by atoms with van der Waals surface area (Å²) in [4.78, 5) is 13.3. The van der Waals surface area contributed by atoms with E-state index in [2.05, 4.69) is 67.3 Å². The van der Waals surface area contributed by atoms with E-state index >= 15 is 0 Å². The maximum atomic E-state index is 13.3. The number of rotatable bonds is 6. The van der Waals surface area contributed by atoms with E-state index in [-0.39, 0.29) is 17.1 Å². The van der Waals surface area contributed by atoms with Crippen molar-refractivity contribution in [3.63, 3.8) is 0 Å². The molecule has 0 aromatic rings. The molecule has 2 nitrogen and oxygen atoms in total. The van der Waals surface area contributed by atoms with Crippen molar-refractivity contribution in [3.05, 3.63) is 11.6 Å². The monoisotopic (exact) mass is 352 g/mol. The van der Waals surface area contributed by atoms with Crippen molar-refractivity contribution in [2.45, 2.75) is 98.0 Å². The van der Waals surface area contributed by atoms with E-state index in [0.717, 1.165) is 12.8 Å². The first kappa shape index (κ1) is 21.5. The number of carbonyl (C=O) groups excluding carboxylic acids is 1. The fourth-order valence-electron chi connectivity index (χ4n) is 3.62. The summed E-state index contributed by atoms with van der Waals surface area (Å²) in [7, 11) is -1.71. The Morgan fingerprint density at radius 3 is 2.29 bits per heavy atom. The predicted octanol–water partition coefficient (Wildman–Crippen LogP) is 6.45. The van der Waals surface area contributed by atoms with Gasteiger partial charge < -0.3 is 4.74 Å². The van der Waals surface area contributed by atoms with Crippen LogP contribution in [-0.4, -0.2) is 20.1 Å². The molecule has 0 aromatic heterocycles. The van der Waals surface area contributed by atoms with Gasteiger partial charge in [0.05, 0.1) is 13.1 Å². The summed E-state index contributed by atoms with van der Waals surface area (Å²) in [6.07, 6.45) is 6.60. The molecular weight excluding hydrogens is 312 g/mol. The van der Waals surface area contributed by atoms with Crippen molar-refractivity contribution in [1.82, 2.24) is 0 Å². The maximum absolute atomic E-state index is 13.3. The second kappa shape index (κ2) is 8.20. The lowest BCUT2D eigenvalue weighted by atomic mass is 9.75. The summed E-state index contributed by atoms with van der Waals surface area (Å²) in [6.45, 7) is 20.0. The first-order valence-electron chi connectivity index (χ1n) is 9.73. The number of allylic oxidation sites excluding steroid dienone is 2. The molecule has 0 radical (unpaired) electrons. The van der Waals surface area contributed by atoms with E-state index < -0.39 is 8.07 Å². The first-order valence-corrected chi connectivity index (χ1v) is 13.2. The SMILES string of the molecule is CC(C)=CCC(C)(C(=O)O[C@@H]1C[C@H](C)CC[C@H]1C(C)C)[Si](C)(C)C. The first-order chi connectivity index (χ1) is 10.9. The van der Waals surface area contributed by atoms with Gasteiger partial charge >= 0.3 is 5.97 Å². The van der Waals surface area contributed by atoms with Crippen molar-refractivity contribution < 1.29 is 9.53 Å². The summed E-state index contributed by atoms with van der Waals surface area (Å²) in [6, 6.07) is 0. The fraction of sp³-hybridized carbons (Fsp3) is 0.857. The highest BCUT2D eigenvalue weighted by molar-refractivity contribution is 6.82. The third kappa shape index (κ3) is 5.21. The summed E-state index contributed by atoms with van der Waals surface area (Å²) in [5.74, 6) is 1.79. The summed E-state index contributed by atoms with van der Waals surface area (Å²) >= 11 is 0. The minimum Gasteiger partial charge on any atom is -0.462 e. The van der Waals surface area contributed by atoms with Crippen LogP contribution < -0.4 is 0 Å². The average Bonchev–Trinajstić information content (AvgIpc) is 2.42. The molecule has 140 valence electrons. The molecule has 24 heavy (non-hydrogen) atoms. The van der Waals surface area contributed by atoms with Crippen LogP contribution in [0.2, 0.25) is 24.7 Å². The third-order valence-electron chi connectivity index (χ3n) is 6.24. The standard InChI is InChI=1S/C21H40O2Si/c1-15(2)12-13-21(6,24(7,8)9)20(22)23-19-14-17(5)10-11-18(19)16(3)4/h12,16-19H,10-11,13-14H2,1-9H3/t17-,18+,19-,21?/m1/s1. The van der Waals surface area contributed by atoms with Gasteiger partial charge in [0.15, 0.2) is 0 Å². The molecule has 1 rings (SSSR count). The van der Waals surface area contributed by atoms with Gasteiger partial charge in [0, 0.05) is 0 Å². The molecule has 0 spiro atoms. The van der Waals surface area contributed by atoms with Crippen LogP contribution >= 0.6 is 0 Å². The molecule has 0 aromatic carbocycles. The molecule has 0 saturated heterocycles. The molecule has 1 aliphatic carbocycles. The lowest BCUT2D eigenvalue weighted by molar-refractivity contribution is -0.159. The van der Waals surface area contributed by atoms with Gasteiger partial charge in [0.25, 0.3) is 0 Å². The van der Waals surface area contributed by atoms with Crippen molar-refractivity contribution in [1.29, 1.82) is 0 Å². The van der Waals surface area contributed by atoms with Crippen molar-refractivity contribution in [3.8, 4) is 0 Å². The summed E-state index contributed by atoms with van der Waals surface area (Å²) in [5.41, 5.74) is 1.28. The van der Waals surface area contributed by atoms with Gasteiger partial charge in [-0.25, -0.2) is 0 Å². The highest BCUT2D eigenvalue weighted by Gasteiger charge is 2.47. The molecule has 0 N–H and O–H groups in total. The second-order valence-electron chi connectivity index (χ2n) is 9.84. The van der Waals surface area contributed by atoms with Gasteiger partial charge in [-0.15, -0.1) is 0 Å². The molecule has 0 heterocycles. The minimum absolute atomic E-state index is 0.0453. The smallest absolute Gasteiger partial charge is 0.309 e. The van der Waals surface area contributed by atoms with Gasteiger partial charge in [-0.05, 0) is 50.9 Å². The summed E-state index contributed by atoms with van der Waals surface area (Å²) < 4.78 is 6.23. The van der Waals surface area contributed by atoms with Crippen LogP contribution in [-0.2, 0) is 9.53 Å². The molecule has 1 saturated carbocycles. The fourth-order valence-corrected chi connectivity index (χ4v) is 5.01. The van der Waals surface area contributed by atoms with E-state index in [0.29, 0.717) is 17.8 Å². The Hall–Kier alpha value is -0.573. The van der Waals surface area contributed by atoms with Gasteiger partial charge in [-0.1, -0.05) is 65.4 Å². The van der Waals surface area contributed by atoms with Crippen LogP contribution in [0, 0.1) is 17.8 Å². The number of carbonyl (C=O) groups is 1. The number of hydrogen-bond donors (Lipinski definition) is 0. The minimum atomic E-state index is -1.71. The Bertz CT molecular complexity index is 457. The van der Waals surface area contributed by atoms with Gasteiger partial charge in [-0.2, -0.15) is 0 Å². The lowest BCUT2D eigenvalue weighted by Crippen LogP contribution is -2.46. The van der Waals surface area contributed by atoms with Crippen LogP contribution in [0.3, 0.4) is 0 Å². The number of esters is 1. The Morgan fingerprint density at radius 1 is 1.25 bits per heavy atom. The largest absolute Gasteiger partial charge is 0.462 e. The molecule has 1 unspecified atom stereocenters. The molecular formula is C21H40O2Si. The maximum Gasteiger partial charge on any atom is 0.309 e. The Kier molecular flexibility index (Phi) is 7.34. The highest BCUT2D eigenvalue weighted by atomic mass is 28.3. The predicted molar refractivity (Wildman–Crippen MR) is 107 cm³/mol. The van der Waals surface area contributed by atoms with Crippen LogP contribution in [0.25, 0.3) is 0 Å². The van der Waals surface area contributed by atoms with E-state index in [4.69, 9.17) is 4.74 Å². The second-order valence-corrected chi connectivity index (χ2v) is 15.4. The van der Waals surface area contributed by atoms with Crippen LogP contribution in [0.15, 0.2) is 11.6 Å². The zero-order valence-corrected chi connectivity index (χ0v) is 18.5. The zero-order chi connectivity index (χ0) is 18.7. The quantitative estimate of drug-likeness (QED) is 0.312. The van der Waals surface area contributed by atoms with Crippen molar-refractivity contribution in [2.75, 3.05) is 0 Å². The molecule has 3 heteroatoms. The van der Waals surface area contributed by atoms with Crippen LogP contribution in [0.4, 0.5) is 0 Å². The van der Waals surface area contributed by atoms with E-state index in [1.807, 2.05) is 0 Å². The average molecular weight is 353 g/mol. The van der Waals surface area contributed by atoms with E-state index in [9.17, 15) is 4.79 Å². The van der Waals surface area contributed by atoms with Gasteiger partial charge in [-0.3, -0.25) is 4.79 Å². The number of hydrogen-bond acceptors (Lipinski definition) is 2. The Morgan fingerprint density at radius 2 is 1.83 bits per heavy atom. The molecule has 0 aliphatic heterocycles. The third-order valence-corrected chi connectivity index (χ3v) is 9.96. The van der Waals surface area contributed by atoms with E-state index in [1.165, 1.54) is 18.4 Å². The molecule has 1 aliphatic rings. The highest BCUT2D eigenvalue weighted by Crippen LogP contribution is 2.45. The van der Waals surface area contributed by atoms with Gasteiger partial charge in [0.2, 0.25) is 0 Å².